The van der Waals surface area contributed by atoms with Crippen molar-refractivity contribution in [3.05, 3.63) is 33.0 Å². The van der Waals surface area contributed by atoms with Gasteiger partial charge in [-0.25, -0.2) is 4.39 Å². The maximum Gasteiger partial charge on any atom is 0.129 e. The van der Waals surface area contributed by atoms with E-state index in [1.165, 1.54) is 6.07 Å². The summed E-state index contributed by atoms with van der Waals surface area (Å²) in [5.74, 6) is -0.216. The second-order valence-electron chi connectivity index (χ2n) is 3.70. The lowest BCUT2D eigenvalue weighted by molar-refractivity contribution is 0.488. The first-order valence-corrected chi connectivity index (χ1v) is 6.65. The van der Waals surface area contributed by atoms with Crippen molar-refractivity contribution in [1.82, 2.24) is 5.32 Å². The van der Waals surface area contributed by atoms with Gasteiger partial charge < -0.3 is 5.32 Å². The van der Waals surface area contributed by atoms with Crippen molar-refractivity contribution in [1.29, 1.82) is 0 Å². The molecule has 0 fully saturated rings. The van der Waals surface area contributed by atoms with Gasteiger partial charge in [0.05, 0.1) is 5.02 Å². The van der Waals surface area contributed by atoms with Crippen LogP contribution in [0.4, 0.5) is 4.39 Å². The normalized spacial score (nSPS) is 12.8. The highest BCUT2D eigenvalue weighted by Gasteiger charge is 2.15. The Kier molecular flexibility index (Phi) is 5.73. The van der Waals surface area contributed by atoms with Crippen molar-refractivity contribution >= 4 is 27.5 Å². The summed E-state index contributed by atoms with van der Waals surface area (Å²) in [6.07, 6.45) is 1.87. The van der Waals surface area contributed by atoms with Gasteiger partial charge in [-0.15, -0.1) is 0 Å². The van der Waals surface area contributed by atoms with E-state index in [1.54, 1.807) is 6.07 Å². The molecule has 16 heavy (non-hydrogen) atoms. The molecule has 0 amide bonds. The largest absolute Gasteiger partial charge is 0.310 e. The van der Waals surface area contributed by atoms with Gasteiger partial charge >= 0.3 is 0 Å². The maximum absolute atomic E-state index is 13.8. The van der Waals surface area contributed by atoms with Crippen LogP contribution < -0.4 is 5.32 Å². The molecule has 1 nitrogen and oxygen atoms in total. The fourth-order valence-corrected chi connectivity index (χ4v) is 2.09. The second-order valence-corrected chi connectivity index (χ2v) is 4.96. The molecule has 1 unspecified atom stereocenters. The minimum atomic E-state index is -0.216. The molecule has 0 saturated heterocycles. The highest BCUT2D eigenvalue weighted by molar-refractivity contribution is 9.10. The maximum atomic E-state index is 13.8. The Balaban J connectivity index is 2.95. The molecule has 0 aliphatic rings. The molecule has 1 N–H and O–H groups in total. The van der Waals surface area contributed by atoms with Crippen LogP contribution in [0.2, 0.25) is 5.02 Å². The molecule has 1 aromatic rings. The summed E-state index contributed by atoms with van der Waals surface area (Å²) in [6.45, 7) is 5.00. The van der Waals surface area contributed by atoms with Crippen LogP contribution >= 0.6 is 27.5 Å². The predicted molar refractivity (Wildman–Crippen MR) is 70.4 cm³/mol. The van der Waals surface area contributed by atoms with Crippen LogP contribution in [-0.4, -0.2) is 6.54 Å². The van der Waals surface area contributed by atoms with Crippen molar-refractivity contribution < 1.29 is 4.39 Å². The lowest BCUT2D eigenvalue weighted by atomic mass is 10.0. The Morgan fingerprint density at radius 1 is 1.44 bits per heavy atom. The first-order valence-electron chi connectivity index (χ1n) is 5.48. The van der Waals surface area contributed by atoms with Gasteiger partial charge in [-0.1, -0.05) is 25.4 Å². The van der Waals surface area contributed by atoms with Crippen molar-refractivity contribution in [3.63, 3.8) is 0 Å². The van der Waals surface area contributed by atoms with Crippen LogP contribution in [0.25, 0.3) is 0 Å². The molecular formula is C12H16BrClFN. The molecule has 4 heteroatoms. The molecule has 0 bridgehead atoms. The molecule has 1 atom stereocenters. The standard InChI is InChI=1S/C12H16BrClFN/c1-3-5-16-12(4-2)8-6-10(14)9(13)7-11(8)15/h6-7,12,16H,3-5H2,1-2H3. The van der Waals surface area contributed by atoms with E-state index in [1.807, 2.05) is 6.92 Å². The SMILES string of the molecule is CCCNC(CC)c1cc(Cl)c(Br)cc1F. The Morgan fingerprint density at radius 2 is 2.12 bits per heavy atom. The zero-order valence-electron chi connectivity index (χ0n) is 9.49. The Morgan fingerprint density at radius 3 is 2.69 bits per heavy atom. The van der Waals surface area contributed by atoms with E-state index in [0.29, 0.717) is 15.1 Å². The van der Waals surface area contributed by atoms with Crippen LogP contribution in [0.15, 0.2) is 16.6 Å². The van der Waals surface area contributed by atoms with Crippen molar-refractivity contribution in [2.75, 3.05) is 6.54 Å². The van der Waals surface area contributed by atoms with E-state index in [0.717, 1.165) is 19.4 Å². The van der Waals surface area contributed by atoms with E-state index >= 15 is 0 Å². The van der Waals surface area contributed by atoms with Crippen molar-refractivity contribution in [3.8, 4) is 0 Å². The highest BCUT2D eigenvalue weighted by atomic mass is 79.9. The molecule has 90 valence electrons. The third-order valence-electron chi connectivity index (χ3n) is 2.46. The quantitative estimate of drug-likeness (QED) is 0.778. The average molecular weight is 309 g/mol. The number of hydrogen-bond donors (Lipinski definition) is 1. The molecule has 0 aliphatic heterocycles. The number of rotatable bonds is 5. The van der Waals surface area contributed by atoms with Gasteiger partial charge in [-0.05, 0) is 47.4 Å². The molecule has 0 aliphatic carbocycles. The molecule has 0 radical (unpaired) electrons. The summed E-state index contributed by atoms with van der Waals surface area (Å²) < 4.78 is 14.4. The second kappa shape index (κ2) is 6.58. The van der Waals surface area contributed by atoms with Gasteiger partial charge in [0.15, 0.2) is 0 Å². The zero-order chi connectivity index (χ0) is 12.1. The molecule has 0 heterocycles. The smallest absolute Gasteiger partial charge is 0.129 e. The summed E-state index contributed by atoms with van der Waals surface area (Å²) in [5, 5.41) is 3.86. The van der Waals surface area contributed by atoms with E-state index in [9.17, 15) is 4.39 Å². The molecule has 1 rings (SSSR count). The summed E-state index contributed by atoms with van der Waals surface area (Å²) in [7, 11) is 0. The third-order valence-corrected chi connectivity index (χ3v) is 3.66. The molecule has 0 saturated carbocycles. The van der Waals surface area contributed by atoms with Crippen LogP contribution in [0.3, 0.4) is 0 Å². The number of benzene rings is 1. The Hall–Kier alpha value is -0.120. The van der Waals surface area contributed by atoms with Gasteiger partial charge in [0.25, 0.3) is 0 Å². The lowest BCUT2D eigenvalue weighted by Crippen LogP contribution is -2.22. The number of hydrogen-bond acceptors (Lipinski definition) is 1. The lowest BCUT2D eigenvalue weighted by Gasteiger charge is -2.18. The Bertz CT molecular complexity index is 357. The zero-order valence-corrected chi connectivity index (χ0v) is 11.8. The molecular weight excluding hydrogens is 292 g/mol. The van der Waals surface area contributed by atoms with E-state index in [2.05, 4.69) is 28.2 Å². The minimum absolute atomic E-state index is 0.0329. The van der Waals surface area contributed by atoms with Gasteiger partial charge in [0.2, 0.25) is 0 Å². The first-order chi connectivity index (χ1) is 7.60. The fourth-order valence-electron chi connectivity index (χ4n) is 1.60. The summed E-state index contributed by atoms with van der Waals surface area (Å²) in [6, 6.07) is 3.15. The first kappa shape index (κ1) is 13.9. The van der Waals surface area contributed by atoms with Gasteiger partial charge in [-0.2, -0.15) is 0 Å². The third kappa shape index (κ3) is 3.44. The van der Waals surface area contributed by atoms with Gasteiger partial charge in [0.1, 0.15) is 5.82 Å². The number of nitrogens with one attached hydrogen (secondary N) is 1. The highest BCUT2D eigenvalue weighted by Crippen LogP contribution is 2.29. The van der Waals surface area contributed by atoms with Crippen LogP contribution in [0.5, 0.6) is 0 Å². The Labute approximate surface area is 110 Å². The van der Waals surface area contributed by atoms with Crippen LogP contribution in [-0.2, 0) is 0 Å². The van der Waals surface area contributed by atoms with Crippen molar-refractivity contribution in [2.45, 2.75) is 32.7 Å². The summed E-state index contributed by atoms with van der Waals surface area (Å²) in [5.41, 5.74) is 0.643. The predicted octanol–water partition coefficient (Wildman–Crippen LogP) is 4.69. The summed E-state index contributed by atoms with van der Waals surface area (Å²) >= 11 is 9.19. The molecule has 0 spiro atoms. The van der Waals surface area contributed by atoms with Gasteiger partial charge in [0, 0.05) is 16.1 Å². The monoisotopic (exact) mass is 307 g/mol. The molecule has 0 aromatic heterocycles. The van der Waals surface area contributed by atoms with E-state index < -0.39 is 0 Å². The average Bonchev–Trinajstić information content (AvgIpc) is 2.26. The number of halogens is 3. The van der Waals surface area contributed by atoms with Crippen molar-refractivity contribution in [2.24, 2.45) is 0 Å². The fraction of sp³-hybridized carbons (Fsp3) is 0.500. The summed E-state index contributed by atoms with van der Waals surface area (Å²) in [4.78, 5) is 0. The van der Waals surface area contributed by atoms with Crippen LogP contribution in [0, 0.1) is 5.82 Å². The van der Waals surface area contributed by atoms with E-state index in [-0.39, 0.29) is 11.9 Å². The topological polar surface area (TPSA) is 12.0 Å². The van der Waals surface area contributed by atoms with Gasteiger partial charge in [-0.3, -0.25) is 0 Å². The minimum Gasteiger partial charge on any atom is -0.310 e. The van der Waals surface area contributed by atoms with Crippen LogP contribution in [0.1, 0.15) is 38.3 Å². The van der Waals surface area contributed by atoms with E-state index in [4.69, 9.17) is 11.6 Å². The molecule has 1 aromatic carbocycles.